The zero-order chi connectivity index (χ0) is 23.2. The molecule has 0 bridgehead atoms. The topological polar surface area (TPSA) is 72.5 Å². The highest BCUT2D eigenvalue weighted by atomic mass is 31.2. The summed E-state index contributed by atoms with van der Waals surface area (Å²) in [5.74, 6) is 0.423. The third-order valence-corrected chi connectivity index (χ3v) is 6.02. The van der Waals surface area contributed by atoms with Crippen LogP contribution in [0, 0.1) is 0 Å². The number of phosphoric acid groups is 1. The van der Waals surface area contributed by atoms with Gasteiger partial charge in [-0.25, -0.2) is 4.57 Å². The van der Waals surface area contributed by atoms with Gasteiger partial charge in [0.1, 0.15) is 0 Å². The summed E-state index contributed by atoms with van der Waals surface area (Å²) in [5, 5.41) is 0. The second-order valence-electron chi connectivity index (χ2n) is 7.58. The van der Waals surface area contributed by atoms with Crippen molar-refractivity contribution in [2.24, 2.45) is 0 Å². The molecule has 0 saturated heterocycles. The molecule has 1 aromatic rings. The Hall–Kier alpha value is -0.950. The Kier molecular flexibility index (Phi) is 18.8. The summed E-state index contributed by atoms with van der Waals surface area (Å²) in [5.41, 5.74) is 0. The van der Waals surface area contributed by atoms with Gasteiger partial charge in [0.15, 0.2) is 5.75 Å². The SMILES string of the molecule is CCCCCCCCCCCCOP(=O)(OCCOCCOCC)OOc1ccccc1. The zero-order valence-electron chi connectivity index (χ0n) is 20.0. The standard InChI is InChI=1S/C24H43O7P/c1-3-5-6-7-8-9-10-11-12-16-19-28-32(25,29-23-22-27-21-20-26-4-2)31-30-24-17-14-13-15-18-24/h13-15,17-18H,3-12,16,19-23H2,1-2H3. The normalized spacial score (nSPS) is 13.2. The summed E-state index contributed by atoms with van der Waals surface area (Å²) in [6.07, 6.45) is 12.1. The lowest BCUT2D eigenvalue weighted by Gasteiger charge is -2.17. The van der Waals surface area contributed by atoms with Crippen molar-refractivity contribution in [3.05, 3.63) is 30.3 Å². The quantitative estimate of drug-likeness (QED) is 0.0724. The predicted octanol–water partition coefficient (Wildman–Crippen LogP) is 7.11. The highest BCUT2D eigenvalue weighted by molar-refractivity contribution is 7.48. The van der Waals surface area contributed by atoms with Crippen molar-refractivity contribution in [1.29, 1.82) is 0 Å². The fraction of sp³-hybridized carbons (Fsp3) is 0.750. The van der Waals surface area contributed by atoms with E-state index < -0.39 is 7.82 Å². The van der Waals surface area contributed by atoms with Gasteiger partial charge in [-0.2, -0.15) is 0 Å². The van der Waals surface area contributed by atoms with Crippen LogP contribution < -0.4 is 4.89 Å². The summed E-state index contributed by atoms with van der Waals surface area (Å²) in [7, 11) is -3.86. The molecule has 1 unspecified atom stereocenters. The Bertz CT molecular complexity index is 571. The van der Waals surface area contributed by atoms with Crippen molar-refractivity contribution >= 4 is 7.82 Å². The zero-order valence-corrected chi connectivity index (χ0v) is 20.9. The largest absolute Gasteiger partial charge is 0.511 e. The van der Waals surface area contributed by atoms with Crippen LogP contribution in [0.1, 0.15) is 78.1 Å². The van der Waals surface area contributed by atoms with Crippen molar-refractivity contribution in [1.82, 2.24) is 0 Å². The number of ether oxygens (including phenoxy) is 2. The second kappa shape index (κ2) is 20.6. The molecular weight excluding hydrogens is 431 g/mol. The second-order valence-corrected chi connectivity index (χ2v) is 9.14. The molecule has 0 N–H and O–H groups in total. The minimum Gasteiger partial charge on any atom is -0.379 e. The van der Waals surface area contributed by atoms with Crippen LogP contribution in [0.15, 0.2) is 30.3 Å². The monoisotopic (exact) mass is 474 g/mol. The molecule has 0 spiro atoms. The molecule has 0 aliphatic carbocycles. The number of para-hydroxylation sites is 1. The molecule has 0 aliphatic heterocycles. The van der Waals surface area contributed by atoms with Crippen molar-refractivity contribution in [2.75, 3.05) is 39.6 Å². The molecule has 1 aromatic carbocycles. The van der Waals surface area contributed by atoms with Crippen molar-refractivity contribution in [3.8, 4) is 5.75 Å². The Morgan fingerprint density at radius 3 is 1.88 bits per heavy atom. The molecule has 32 heavy (non-hydrogen) atoms. The van der Waals surface area contributed by atoms with Gasteiger partial charge in [0.05, 0.1) is 33.0 Å². The van der Waals surface area contributed by atoms with Crippen LogP contribution in [0.5, 0.6) is 5.75 Å². The molecule has 0 amide bonds. The van der Waals surface area contributed by atoms with E-state index >= 15 is 0 Å². The van der Waals surface area contributed by atoms with Crippen molar-refractivity contribution in [2.45, 2.75) is 78.1 Å². The van der Waals surface area contributed by atoms with Crippen LogP contribution in [-0.2, 0) is 27.8 Å². The molecule has 1 rings (SSSR count). The van der Waals surface area contributed by atoms with E-state index in [4.69, 9.17) is 28.1 Å². The summed E-state index contributed by atoms with van der Waals surface area (Å²) in [4.78, 5) is 5.16. The number of hydrogen-bond acceptors (Lipinski definition) is 7. The first-order chi connectivity index (χ1) is 15.7. The number of benzene rings is 1. The highest BCUT2D eigenvalue weighted by Gasteiger charge is 2.29. The third kappa shape index (κ3) is 16.7. The first-order valence-corrected chi connectivity index (χ1v) is 13.6. The third-order valence-electron chi connectivity index (χ3n) is 4.77. The molecule has 8 heteroatoms. The smallest absolute Gasteiger partial charge is 0.379 e. The van der Waals surface area contributed by atoms with E-state index in [-0.39, 0.29) is 19.8 Å². The van der Waals surface area contributed by atoms with E-state index in [1.807, 2.05) is 13.0 Å². The Balaban J connectivity index is 2.24. The Morgan fingerprint density at radius 2 is 1.22 bits per heavy atom. The maximum Gasteiger partial charge on any atom is 0.511 e. The van der Waals surface area contributed by atoms with Gasteiger partial charge in [-0.05, 0) is 25.5 Å². The molecule has 0 radical (unpaired) electrons. The van der Waals surface area contributed by atoms with Crippen LogP contribution in [0.2, 0.25) is 0 Å². The van der Waals surface area contributed by atoms with E-state index in [0.29, 0.717) is 25.6 Å². The maximum atomic E-state index is 12.9. The molecule has 0 heterocycles. The number of rotatable bonds is 23. The predicted molar refractivity (Wildman–Crippen MR) is 127 cm³/mol. The fourth-order valence-electron chi connectivity index (χ4n) is 2.98. The van der Waals surface area contributed by atoms with Gasteiger partial charge in [-0.1, -0.05) is 87.6 Å². The summed E-state index contributed by atoms with van der Waals surface area (Å²) >= 11 is 0. The molecule has 0 saturated carbocycles. The maximum absolute atomic E-state index is 12.9. The van der Waals surface area contributed by atoms with Crippen molar-refractivity contribution in [3.63, 3.8) is 0 Å². The van der Waals surface area contributed by atoms with Gasteiger partial charge in [-0.15, -0.1) is 0 Å². The van der Waals surface area contributed by atoms with Gasteiger partial charge in [0.25, 0.3) is 0 Å². The van der Waals surface area contributed by atoms with Crippen LogP contribution in [0.4, 0.5) is 0 Å². The lowest BCUT2D eigenvalue weighted by Crippen LogP contribution is -2.11. The first-order valence-electron chi connectivity index (χ1n) is 12.2. The van der Waals surface area contributed by atoms with E-state index in [2.05, 4.69) is 6.92 Å². The lowest BCUT2D eigenvalue weighted by atomic mass is 10.1. The molecule has 186 valence electrons. The van der Waals surface area contributed by atoms with Gasteiger partial charge in [0, 0.05) is 6.61 Å². The average Bonchev–Trinajstić information content (AvgIpc) is 2.81. The Labute approximate surface area is 194 Å². The van der Waals surface area contributed by atoms with Gasteiger partial charge >= 0.3 is 7.82 Å². The van der Waals surface area contributed by atoms with Gasteiger partial charge < -0.3 is 14.4 Å². The van der Waals surface area contributed by atoms with Gasteiger partial charge in [-0.3, -0.25) is 9.05 Å². The molecule has 1 atom stereocenters. The highest BCUT2D eigenvalue weighted by Crippen LogP contribution is 2.49. The van der Waals surface area contributed by atoms with E-state index in [1.165, 1.54) is 44.9 Å². The van der Waals surface area contributed by atoms with Crippen molar-refractivity contribution < 1.29 is 32.6 Å². The lowest BCUT2D eigenvalue weighted by molar-refractivity contribution is -0.134. The van der Waals surface area contributed by atoms with E-state index in [9.17, 15) is 4.57 Å². The number of hydrogen-bond donors (Lipinski definition) is 0. The molecular formula is C24H43O7P. The summed E-state index contributed by atoms with van der Waals surface area (Å²) in [6, 6.07) is 8.83. The van der Waals surface area contributed by atoms with Gasteiger partial charge in [0.2, 0.25) is 0 Å². The van der Waals surface area contributed by atoms with Crippen LogP contribution >= 0.6 is 7.82 Å². The first kappa shape index (κ1) is 29.1. The molecule has 0 aliphatic rings. The average molecular weight is 475 g/mol. The summed E-state index contributed by atoms with van der Waals surface area (Å²) in [6.45, 7) is 6.38. The number of phosphoric ester groups is 1. The Morgan fingerprint density at radius 1 is 0.656 bits per heavy atom. The summed E-state index contributed by atoms with van der Waals surface area (Å²) < 4.78 is 39.4. The molecule has 0 aromatic heterocycles. The van der Waals surface area contributed by atoms with Crippen LogP contribution in [0.3, 0.4) is 0 Å². The fourth-order valence-corrected chi connectivity index (χ4v) is 3.97. The van der Waals surface area contributed by atoms with E-state index in [0.717, 1.165) is 19.3 Å². The van der Waals surface area contributed by atoms with Crippen LogP contribution in [-0.4, -0.2) is 39.6 Å². The minimum absolute atomic E-state index is 0.0690. The number of unbranched alkanes of at least 4 members (excludes halogenated alkanes) is 9. The van der Waals surface area contributed by atoms with E-state index in [1.54, 1.807) is 24.3 Å². The molecule has 7 nitrogen and oxygen atoms in total. The molecule has 0 fully saturated rings. The minimum atomic E-state index is -3.86. The van der Waals surface area contributed by atoms with Crippen LogP contribution in [0.25, 0.3) is 0 Å².